The molecular weight excluding hydrogens is 300 g/mol. The van der Waals surface area contributed by atoms with Crippen LogP contribution in [0.15, 0.2) is 27.3 Å². The average molecular weight is 316 g/mol. The van der Waals surface area contributed by atoms with E-state index in [-0.39, 0.29) is 5.91 Å². The van der Waals surface area contributed by atoms with Gasteiger partial charge in [0.2, 0.25) is 5.91 Å². The second kappa shape index (κ2) is 4.71. The van der Waals surface area contributed by atoms with Crippen molar-refractivity contribution in [2.45, 2.75) is 37.6 Å². The van der Waals surface area contributed by atoms with Crippen LogP contribution in [0.25, 0.3) is 0 Å². The third-order valence-electron chi connectivity index (χ3n) is 4.72. The number of aryl methyl sites for hydroxylation is 1. The molecule has 1 unspecified atom stereocenters. The number of furan rings is 1. The number of nitrogens with zero attached hydrogens (tertiary/aromatic N) is 2. The zero-order valence-electron chi connectivity index (χ0n) is 12.6. The smallest absolute Gasteiger partial charge is 0.331 e. The molecule has 120 valence electrons. The molecule has 7 heteroatoms. The van der Waals surface area contributed by atoms with Gasteiger partial charge in [0.15, 0.2) is 11.8 Å². The first-order valence-electron chi connectivity index (χ1n) is 7.57. The molecule has 3 heterocycles. The Hall–Kier alpha value is -2.57. The summed E-state index contributed by atoms with van der Waals surface area (Å²) >= 11 is 0. The Morgan fingerprint density at radius 2 is 2.22 bits per heavy atom. The highest BCUT2D eigenvalue weighted by Gasteiger charge is 2.58. The number of hydrogen-bond donors (Lipinski definition) is 1. The van der Waals surface area contributed by atoms with E-state index in [1.807, 2.05) is 0 Å². The van der Waals surface area contributed by atoms with Crippen molar-refractivity contribution >= 4 is 11.9 Å². The minimum absolute atomic E-state index is 0.201. The van der Waals surface area contributed by atoms with Gasteiger partial charge in [0.05, 0.1) is 12.0 Å². The second-order valence-corrected chi connectivity index (χ2v) is 6.20. The molecule has 0 spiro atoms. The van der Waals surface area contributed by atoms with E-state index in [4.69, 9.17) is 8.94 Å². The highest BCUT2D eigenvalue weighted by molar-refractivity contribution is 5.94. The molecule has 23 heavy (non-hydrogen) atoms. The summed E-state index contributed by atoms with van der Waals surface area (Å²) in [5, 5.41) is 13.5. The number of fused-ring (bicyclic) bond motifs is 1. The van der Waals surface area contributed by atoms with E-state index in [1.165, 1.54) is 11.2 Å². The molecule has 1 fully saturated rings. The maximum absolute atomic E-state index is 13.1. The largest absolute Gasteiger partial charge is 0.479 e. The normalized spacial score (nSPS) is 21.8. The Labute approximate surface area is 131 Å². The van der Waals surface area contributed by atoms with Crippen molar-refractivity contribution in [3.8, 4) is 0 Å². The molecule has 0 saturated heterocycles. The molecule has 1 aliphatic heterocycles. The van der Waals surface area contributed by atoms with E-state index in [0.717, 1.165) is 0 Å². The van der Waals surface area contributed by atoms with E-state index < -0.39 is 17.4 Å². The van der Waals surface area contributed by atoms with Gasteiger partial charge in [-0.2, -0.15) is 0 Å². The van der Waals surface area contributed by atoms with Crippen molar-refractivity contribution in [1.82, 2.24) is 10.1 Å². The lowest BCUT2D eigenvalue weighted by Gasteiger charge is -2.34. The monoisotopic (exact) mass is 316 g/mol. The standard InChI is InChI=1S/C16H16N2O5/c1-9-8-12(23-17-9)16(4-5-16)15(21)18-6-2-11-10(3-7-22-11)13(18)14(19)20/h3,7-8,13H,2,4-6H2,1H3,(H,19,20). The zero-order chi connectivity index (χ0) is 16.2. The highest BCUT2D eigenvalue weighted by Crippen LogP contribution is 2.51. The number of carboxylic acids is 1. The van der Waals surface area contributed by atoms with Gasteiger partial charge in [-0.1, -0.05) is 5.16 Å². The predicted octanol–water partition coefficient (Wildman–Crippen LogP) is 1.82. The molecule has 2 aliphatic rings. The van der Waals surface area contributed by atoms with Crippen LogP contribution in [0.2, 0.25) is 0 Å². The molecule has 0 aromatic carbocycles. The molecular formula is C16H16N2O5. The predicted molar refractivity (Wildman–Crippen MR) is 76.7 cm³/mol. The summed E-state index contributed by atoms with van der Waals surface area (Å²) in [6, 6.07) is 2.38. The van der Waals surface area contributed by atoms with E-state index in [0.29, 0.717) is 48.6 Å². The van der Waals surface area contributed by atoms with Crippen molar-refractivity contribution in [2.75, 3.05) is 6.54 Å². The number of carbonyl (C=O) groups excluding carboxylic acids is 1. The number of hydrogen-bond acceptors (Lipinski definition) is 5. The lowest BCUT2D eigenvalue weighted by Crippen LogP contribution is -2.47. The van der Waals surface area contributed by atoms with Crippen LogP contribution in [0.3, 0.4) is 0 Å². The SMILES string of the molecule is Cc1cc(C2(C(=O)N3CCc4occc4C3C(=O)O)CC2)on1. The summed E-state index contributed by atoms with van der Waals surface area (Å²) < 4.78 is 10.6. The number of amides is 1. The van der Waals surface area contributed by atoms with E-state index in [1.54, 1.807) is 19.1 Å². The van der Waals surface area contributed by atoms with Crippen LogP contribution < -0.4 is 0 Å². The minimum Gasteiger partial charge on any atom is -0.479 e. The molecule has 1 N–H and O–H groups in total. The fraction of sp³-hybridized carbons (Fsp3) is 0.438. The Kier molecular flexibility index (Phi) is 2.88. The molecule has 4 rings (SSSR count). The summed E-state index contributed by atoms with van der Waals surface area (Å²) in [6.07, 6.45) is 3.30. The first-order valence-corrected chi connectivity index (χ1v) is 7.57. The van der Waals surface area contributed by atoms with Gasteiger partial charge in [-0.05, 0) is 25.8 Å². The summed E-state index contributed by atoms with van der Waals surface area (Å²) in [5.74, 6) is -0.0814. The Balaban J connectivity index is 1.70. The van der Waals surface area contributed by atoms with Crippen LogP contribution in [0.1, 0.15) is 41.7 Å². The van der Waals surface area contributed by atoms with Crippen LogP contribution >= 0.6 is 0 Å². The highest BCUT2D eigenvalue weighted by atomic mass is 16.5. The first kappa shape index (κ1) is 14.0. The average Bonchev–Trinajstić information content (AvgIpc) is 2.98. The molecule has 2 aromatic rings. The van der Waals surface area contributed by atoms with Gasteiger partial charge in [0, 0.05) is 24.6 Å². The Bertz CT molecular complexity index is 786. The van der Waals surface area contributed by atoms with Gasteiger partial charge < -0.3 is 18.9 Å². The van der Waals surface area contributed by atoms with Crippen molar-refractivity contribution in [1.29, 1.82) is 0 Å². The fourth-order valence-electron chi connectivity index (χ4n) is 3.36. The van der Waals surface area contributed by atoms with Crippen LogP contribution in [0, 0.1) is 6.92 Å². The maximum atomic E-state index is 13.1. The number of carbonyl (C=O) groups is 2. The van der Waals surface area contributed by atoms with E-state index >= 15 is 0 Å². The molecule has 1 aliphatic carbocycles. The minimum atomic E-state index is -1.05. The maximum Gasteiger partial charge on any atom is 0.331 e. The van der Waals surface area contributed by atoms with Crippen LogP contribution in [-0.4, -0.2) is 33.6 Å². The molecule has 1 amide bonds. The van der Waals surface area contributed by atoms with Crippen molar-refractivity contribution in [3.05, 3.63) is 41.2 Å². The molecule has 0 bridgehead atoms. The van der Waals surface area contributed by atoms with Crippen LogP contribution in [0.4, 0.5) is 0 Å². The fourth-order valence-corrected chi connectivity index (χ4v) is 3.36. The molecule has 1 atom stereocenters. The van der Waals surface area contributed by atoms with Gasteiger partial charge in [0.1, 0.15) is 11.2 Å². The quantitative estimate of drug-likeness (QED) is 0.927. The molecule has 2 aromatic heterocycles. The Morgan fingerprint density at radius 3 is 2.83 bits per heavy atom. The van der Waals surface area contributed by atoms with E-state index in [2.05, 4.69) is 5.16 Å². The van der Waals surface area contributed by atoms with Crippen molar-refractivity contribution in [2.24, 2.45) is 0 Å². The Morgan fingerprint density at radius 1 is 1.43 bits per heavy atom. The summed E-state index contributed by atoms with van der Waals surface area (Å²) in [5.41, 5.74) is 0.516. The van der Waals surface area contributed by atoms with Gasteiger partial charge >= 0.3 is 5.97 Å². The third kappa shape index (κ3) is 1.99. The molecule has 1 saturated carbocycles. The first-order chi connectivity index (χ1) is 11.0. The van der Waals surface area contributed by atoms with Gasteiger partial charge in [-0.3, -0.25) is 4.79 Å². The second-order valence-electron chi connectivity index (χ2n) is 6.20. The van der Waals surface area contributed by atoms with Crippen LogP contribution in [-0.2, 0) is 21.4 Å². The van der Waals surface area contributed by atoms with Crippen molar-refractivity contribution < 1.29 is 23.6 Å². The summed E-state index contributed by atoms with van der Waals surface area (Å²) in [7, 11) is 0. The number of aliphatic carboxylic acids is 1. The van der Waals surface area contributed by atoms with Crippen molar-refractivity contribution in [3.63, 3.8) is 0 Å². The van der Waals surface area contributed by atoms with Gasteiger partial charge in [-0.25, -0.2) is 4.79 Å². The molecule has 7 nitrogen and oxygen atoms in total. The zero-order valence-corrected chi connectivity index (χ0v) is 12.6. The third-order valence-corrected chi connectivity index (χ3v) is 4.72. The van der Waals surface area contributed by atoms with Crippen LogP contribution in [0.5, 0.6) is 0 Å². The lowest BCUT2D eigenvalue weighted by molar-refractivity contribution is -0.152. The van der Waals surface area contributed by atoms with Gasteiger partial charge in [-0.15, -0.1) is 0 Å². The van der Waals surface area contributed by atoms with Gasteiger partial charge in [0.25, 0.3) is 0 Å². The summed E-state index contributed by atoms with van der Waals surface area (Å²) in [4.78, 5) is 26.3. The number of rotatable bonds is 3. The lowest BCUT2D eigenvalue weighted by atomic mass is 9.94. The topological polar surface area (TPSA) is 96.8 Å². The number of aromatic nitrogens is 1. The molecule has 0 radical (unpaired) electrons. The van der Waals surface area contributed by atoms with E-state index in [9.17, 15) is 14.7 Å². The number of carboxylic acid groups (broad SMARTS) is 1. The summed E-state index contributed by atoms with van der Waals surface area (Å²) in [6.45, 7) is 2.12.